The molecule has 0 aliphatic heterocycles. The lowest BCUT2D eigenvalue weighted by Crippen LogP contribution is -2.43. The molecule has 0 fully saturated rings. The normalized spacial score (nSPS) is 11.1. The van der Waals surface area contributed by atoms with E-state index >= 15 is 0 Å². The van der Waals surface area contributed by atoms with Crippen molar-refractivity contribution in [1.82, 2.24) is 9.27 Å². The molecular formula is C19H23N3O4S2. The molecule has 7 nitrogen and oxygen atoms in total. The van der Waals surface area contributed by atoms with Gasteiger partial charge in [0, 0.05) is 10.4 Å². The van der Waals surface area contributed by atoms with Crippen molar-refractivity contribution in [3.05, 3.63) is 34.7 Å². The Kier molecular flexibility index (Phi) is 6.84. The lowest BCUT2D eigenvalue weighted by molar-refractivity contribution is 0.0354. The maximum absolute atomic E-state index is 13.3. The number of ether oxygens (including phenoxy) is 2. The van der Waals surface area contributed by atoms with Gasteiger partial charge in [-0.25, -0.2) is 4.79 Å². The molecule has 150 valence electrons. The van der Waals surface area contributed by atoms with Crippen LogP contribution in [0.5, 0.6) is 5.75 Å². The van der Waals surface area contributed by atoms with Crippen LogP contribution >= 0.6 is 23.3 Å². The summed E-state index contributed by atoms with van der Waals surface area (Å²) in [6, 6.07) is 7.13. The van der Waals surface area contributed by atoms with Crippen molar-refractivity contribution < 1.29 is 19.1 Å². The van der Waals surface area contributed by atoms with Crippen LogP contribution in [0.3, 0.4) is 0 Å². The van der Waals surface area contributed by atoms with Crippen molar-refractivity contribution in [3.8, 4) is 17.0 Å². The van der Waals surface area contributed by atoms with Crippen LogP contribution in [-0.4, -0.2) is 45.4 Å². The van der Waals surface area contributed by atoms with Crippen LogP contribution in [0.4, 0.5) is 4.79 Å². The van der Waals surface area contributed by atoms with E-state index in [1.165, 1.54) is 11.5 Å². The van der Waals surface area contributed by atoms with E-state index < -0.39 is 17.6 Å². The number of thioether (sulfide) groups is 1. The van der Waals surface area contributed by atoms with E-state index in [1.807, 2.05) is 0 Å². The summed E-state index contributed by atoms with van der Waals surface area (Å²) >= 11 is 2.15. The molecule has 0 saturated heterocycles. The molecule has 1 heterocycles. The largest absolute Gasteiger partial charge is 0.497 e. The molecule has 0 bridgehead atoms. The van der Waals surface area contributed by atoms with Gasteiger partial charge < -0.3 is 9.47 Å². The summed E-state index contributed by atoms with van der Waals surface area (Å²) < 4.78 is 14.9. The van der Waals surface area contributed by atoms with Gasteiger partial charge >= 0.3 is 6.09 Å². The predicted molar refractivity (Wildman–Crippen MR) is 112 cm³/mol. The lowest BCUT2D eigenvalue weighted by atomic mass is 10.1. The van der Waals surface area contributed by atoms with Gasteiger partial charge in [-0.05, 0) is 69.7 Å². The first-order valence-corrected chi connectivity index (χ1v) is 10.4. The molecule has 0 aliphatic rings. The molecule has 0 spiro atoms. The molecule has 0 unspecified atom stereocenters. The zero-order valence-electron chi connectivity index (χ0n) is 16.7. The molecule has 2 aromatic rings. The highest BCUT2D eigenvalue weighted by Crippen LogP contribution is 2.31. The fraction of sp³-hybridized carbons (Fsp3) is 0.368. The quantitative estimate of drug-likeness (QED) is 0.565. The number of amidine groups is 1. The van der Waals surface area contributed by atoms with Gasteiger partial charge in [-0.15, -0.1) is 0 Å². The Hall–Kier alpha value is -2.39. The Bertz CT molecular complexity index is 886. The summed E-state index contributed by atoms with van der Waals surface area (Å²) in [4.78, 5) is 27.3. The number of hydrogen-bond donors (Lipinski definition) is 1. The fourth-order valence-corrected chi connectivity index (χ4v) is 3.38. The molecule has 2 amide bonds. The molecule has 9 heteroatoms. The highest BCUT2D eigenvalue weighted by Gasteiger charge is 2.34. The summed E-state index contributed by atoms with van der Waals surface area (Å²) in [6.45, 7) is 6.87. The number of nitrogens with zero attached hydrogens (tertiary/aromatic N) is 2. The minimum atomic E-state index is -0.886. The SMILES string of the molecule is COc1ccc(-c2nsc(C)c2C(=O)N(C(=N)SC)C(=O)OC(C)(C)C)cc1. The summed E-state index contributed by atoms with van der Waals surface area (Å²) in [5.74, 6) is 0.0498. The Morgan fingerprint density at radius 3 is 2.32 bits per heavy atom. The molecule has 0 aliphatic carbocycles. The summed E-state index contributed by atoms with van der Waals surface area (Å²) in [7, 11) is 1.57. The second-order valence-corrected chi connectivity index (χ2v) is 8.59. The van der Waals surface area contributed by atoms with Crippen LogP contribution in [0.15, 0.2) is 24.3 Å². The third kappa shape index (κ3) is 4.90. The molecule has 1 N–H and O–H groups in total. The zero-order valence-corrected chi connectivity index (χ0v) is 18.3. The predicted octanol–water partition coefficient (Wildman–Crippen LogP) is 4.80. The van der Waals surface area contributed by atoms with E-state index in [0.717, 1.165) is 16.7 Å². The molecule has 28 heavy (non-hydrogen) atoms. The maximum Gasteiger partial charge on any atom is 0.423 e. The second-order valence-electron chi connectivity index (χ2n) is 6.82. The summed E-state index contributed by atoms with van der Waals surface area (Å²) in [5, 5.41) is 7.88. The number of hydrogen-bond acceptors (Lipinski definition) is 8. The van der Waals surface area contributed by atoms with Crippen molar-refractivity contribution >= 4 is 40.5 Å². The molecule has 1 aromatic heterocycles. The van der Waals surface area contributed by atoms with Crippen LogP contribution in [0.1, 0.15) is 36.0 Å². The van der Waals surface area contributed by atoms with Crippen LogP contribution in [-0.2, 0) is 4.74 Å². The molecule has 0 atom stereocenters. The van der Waals surface area contributed by atoms with Gasteiger partial charge in [-0.3, -0.25) is 10.2 Å². The topological polar surface area (TPSA) is 92.6 Å². The van der Waals surface area contributed by atoms with Crippen LogP contribution in [0.2, 0.25) is 0 Å². The highest BCUT2D eigenvalue weighted by molar-refractivity contribution is 8.13. The smallest absolute Gasteiger partial charge is 0.423 e. The van der Waals surface area contributed by atoms with E-state index in [-0.39, 0.29) is 10.7 Å². The number of carbonyl (C=O) groups excluding carboxylic acids is 2. The number of carbonyl (C=O) groups is 2. The number of aromatic nitrogens is 1. The van der Waals surface area contributed by atoms with Crippen molar-refractivity contribution in [2.45, 2.75) is 33.3 Å². The van der Waals surface area contributed by atoms with E-state index in [2.05, 4.69) is 4.37 Å². The number of aryl methyl sites for hydroxylation is 1. The lowest BCUT2D eigenvalue weighted by Gasteiger charge is -2.25. The molecule has 2 rings (SSSR count). The standard InChI is InChI=1S/C19H23N3O4S2/c1-11-14(15(21-28-11)12-7-9-13(25-5)10-8-12)16(23)22(17(20)27-6)18(24)26-19(2,3)4/h7-10,20H,1-6H3. The summed E-state index contributed by atoms with van der Waals surface area (Å²) in [6.07, 6.45) is 0.735. The van der Waals surface area contributed by atoms with Crippen LogP contribution < -0.4 is 4.74 Å². The fourth-order valence-electron chi connectivity index (χ4n) is 2.34. The molecule has 1 aromatic carbocycles. The second kappa shape index (κ2) is 8.74. The number of benzene rings is 1. The van der Waals surface area contributed by atoms with Gasteiger partial charge in [-0.2, -0.15) is 9.27 Å². The number of rotatable bonds is 3. The number of nitrogens with one attached hydrogen (secondary N) is 1. The zero-order chi connectivity index (χ0) is 21.1. The third-order valence-electron chi connectivity index (χ3n) is 3.62. The van der Waals surface area contributed by atoms with E-state index in [0.29, 0.717) is 21.9 Å². The van der Waals surface area contributed by atoms with Gasteiger partial charge in [0.25, 0.3) is 5.91 Å². The molecule has 0 saturated carbocycles. The monoisotopic (exact) mass is 421 g/mol. The van der Waals surface area contributed by atoms with Gasteiger partial charge in [0.2, 0.25) is 0 Å². The van der Waals surface area contributed by atoms with Gasteiger partial charge in [0.05, 0.1) is 18.4 Å². The Morgan fingerprint density at radius 2 is 1.82 bits per heavy atom. The number of imide groups is 1. The van der Waals surface area contributed by atoms with Crippen LogP contribution in [0, 0.1) is 12.3 Å². The number of amides is 2. The third-order valence-corrected chi connectivity index (χ3v) is 4.94. The van der Waals surface area contributed by atoms with Crippen molar-refractivity contribution in [1.29, 1.82) is 5.41 Å². The van der Waals surface area contributed by atoms with Gasteiger partial charge in [0.15, 0.2) is 5.17 Å². The van der Waals surface area contributed by atoms with Gasteiger partial charge in [-0.1, -0.05) is 11.8 Å². The average molecular weight is 422 g/mol. The van der Waals surface area contributed by atoms with E-state index in [4.69, 9.17) is 14.9 Å². The minimum Gasteiger partial charge on any atom is -0.497 e. The maximum atomic E-state index is 13.3. The van der Waals surface area contributed by atoms with Crippen molar-refractivity contribution in [2.75, 3.05) is 13.4 Å². The van der Waals surface area contributed by atoms with Crippen molar-refractivity contribution in [2.24, 2.45) is 0 Å². The van der Waals surface area contributed by atoms with E-state index in [1.54, 1.807) is 65.3 Å². The first-order chi connectivity index (χ1) is 13.1. The minimum absolute atomic E-state index is 0.217. The average Bonchev–Trinajstić information content (AvgIpc) is 3.01. The number of methoxy groups -OCH3 is 1. The highest BCUT2D eigenvalue weighted by atomic mass is 32.2. The van der Waals surface area contributed by atoms with Crippen molar-refractivity contribution in [3.63, 3.8) is 0 Å². The first-order valence-electron chi connectivity index (χ1n) is 8.39. The van der Waals surface area contributed by atoms with Crippen LogP contribution in [0.25, 0.3) is 11.3 Å². The first kappa shape index (κ1) is 21.9. The Morgan fingerprint density at radius 1 is 1.21 bits per heavy atom. The Labute approximate surface area is 172 Å². The Balaban J connectivity index is 2.48. The molecular weight excluding hydrogens is 398 g/mol. The molecule has 0 radical (unpaired) electrons. The van der Waals surface area contributed by atoms with E-state index in [9.17, 15) is 9.59 Å². The summed E-state index contributed by atoms with van der Waals surface area (Å²) in [5.41, 5.74) is 0.653. The van der Waals surface area contributed by atoms with Gasteiger partial charge in [0.1, 0.15) is 11.4 Å².